The molecule has 7 nitrogen and oxygen atoms in total. The van der Waals surface area contributed by atoms with Gasteiger partial charge in [0.25, 0.3) is 10.0 Å². The molecular weight excluding hydrogens is 517 g/mol. The average molecular weight is 554 g/mol. The van der Waals surface area contributed by atoms with Crippen LogP contribution in [0.2, 0.25) is 0 Å². The Morgan fingerprint density at radius 1 is 0.923 bits per heavy atom. The van der Waals surface area contributed by atoms with E-state index in [9.17, 15) is 22.4 Å². The Morgan fingerprint density at radius 3 is 2.08 bits per heavy atom. The molecule has 0 aliphatic rings. The number of hydrogen-bond donors (Lipinski definition) is 1. The van der Waals surface area contributed by atoms with Gasteiger partial charge in [-0.05, 0) is 83.0 Å². The molecule has 0 saturated heterocycles. The minimum atomic E-state index is -4.24. The summed E-state index contributed by atoms with van der Waals surface area (Å²) < 4.78 is 42.0. The first kappa shape index (κ1) is 29.8. The minimum Gasteiger partial charge on any atom is -0.350 e. The number of halogens is 1. The number of nitrogens with zero attached hydrogens (tertiary/aromatic N) is 2. The summed E-state index contributed by atoms with van der Waals surface area (Å²) in [6, 6.07) is 19.9. The van der Waals surface area contributed by atoms with E-state index in [0.29, 0.717) is 6.42 Å². The fourth-order valence-corrected chi connectivity index (χ4v) is 5.43. The van der Waals surface area contributed by atoms with Crippen molar-refractivity contribution in [1.29, 1.82) is 0 Å². The number of rotatable bonds is 10. The number of nitrogens with one attached hydrogen (secondary N) is 1. The molecule has 39 heavy (non-hydrogen) atoms. The molecule has 0 fully saturated rings. The van der Waals surface area contributed by atoms with Gasteiger partial charge in [-0.1, -0.05) is 48.0 Å². The van der Waals surface area contributed by atoms with Crippen LogP contribution in [0.4, 0.5) is 10.1 Å². The second-order valence-corrected chi connectivity index (χ2v) is 12.4. The highest BCUT2D eigenvalue weighted by Crippen LogP contribution is 2.25. The van der Waals surface area contributed by atoms with Crippen LogP contribution in [0.25, 0.3) is 0 Å². The highest BCUT2D eigenvalue weighted by atomic mass is 32.2. The van der Waals surface area contributed by atoms with Gasteiger partial charge in [0.05, 0.1) is 10.6 Å². The van der Waals surface area contributed by atoms with Gasteiger partial charge in [0.2, 0.25) is 11.8 Å². The van der Waals surface area contributed by atoms with Gasteiger partial charge in [-0.15, -0.1) is 0 Å². The maximum atomic E-state index is 13.8. The van der Waals surface area contributed by atoms with Crippen LogP contribution >= 0.6 is 0 Å². The van der Waals surface area contributed by atoms with E-state index in [1.807, 2.05) is 58.0 Å². The summed E-state index contributed by atoms with van der Waals surface area (Å²) in [6.45, 7) is 8.72. The summed E-state index contributed by atoms with van der Waals surface area (Å²) >= 11 is 0. The Bertz CT molecular complexity index is 1370. The maximum Gasteiger partial charge on any atom is 0.264 e. The largest absolute Gasteiger partial charge is 0.350 e. The second kappa shape index (κ2) is 12.4. The standard InChI is InChI=1S/C30H36FN3O4S/c1-22-11-15-26(16-12-22)34(39(37,38)27-17-13-25(31)14-18-27)21-28(35)33(20-19-24-9-7-6-8-10-24)23(2)29(36)32-30(3,4)5/h6-18,23H,19-21H2,1-5H3,(H,32,36). The van der Waals surface area contributed by atoms with E-state index in [-0.39, 0.29) is 23.0 Å². The molecule has 0 radical (unpaired) electrons. The molecular formula is C30H36FN3O4S. The lowest BCUT2D eigenvalue weighted by Crippen LogP contribution is -2.55. The number of carbonyl (C=O) groups is 2. The quantitative estimate of drug-likeness (QED) is 0.394. The zero-order valence-electron chi connectivity index (χ0n) is 23.0. The van der Waals surface area contributed by atoms with Crippen molar-refractivity contribution >= 4 is 27.5 Å². The number of carbonyl (C=O) groups excluding carboxylic acids is 2. The van der Waals surface area contributed by atoms with Gasteiger partial charge in [0.1, 0.15) is 18.4 Å². The molecule has 3 rings (SSSR count). The lowest BCUT2D eigenvalue weighted by atomic mass is 10.1. The highest BCUT2D eigenvalue weighted by Gasteiger charge is 2.33. The molecule has 0 aliphatic heterocycles. The van der Waals surface area contributed by atoms with Crippen molar-refractivity contribution in [1.82, 2.24) is 10.2 Å². The molecule has 3 aromatic carbocycles. The minimum absolute atomic E-state index is 0.147. The Kier molecular flexibility index (Phi) is 9.50. The normalized spacial score (nSPS) is 12.5. The van der Waals surface area contributed by atoms with Crippen molar-refractivity contribution in [2.24, 2.45) is 0 Å². The summed E-state index contributed by atoms with van der Waals surface area (Å²) in [6.07, 6.45) is 0.481. The highest BCUT2D eigenvalue weighted by molar-refractivity contribution is 7.92. The third-order valence-electron chi connectivity index (χ3n) is 6.15. The summed E-state index contributed by atoms with van der Waals surface area (Å²) in [5, 5.41) is 2.90. The fourth-order valence-electron chi connectivity index (χ4n) is 4.02. The van der Waals surface area contributed by atoms with Crippen LogP contribution in [-0.2, 0) is 26.0 Å². The van der Waals surface area contributed by atoms with Gasteiger partial charge < -0.3 is 10.2 Å². The number of benzene rings is 3. The van der Waals surface area contributed by atoms with Crippen molar-refractivity contribution < 1.29 is 22.4 Å². The van der Waals surface area contributed by atoms with Crippen LogP contribution in [0.3, 0.4) is 0 Å². The first-order valence-corrected chi connectivity index (χ1v) is 14.2. The van der Waals surface area contributed by atoms with Crippen molar-refractivity contribution in [2.45, 2.75) is 57.5 Å². The zero-order chi connectivity index (χ0) is 28.8. The van der Waals surface area contributed by atoms with Gasteiger partial charge in [-0.3, -0.25) is 13.9 Å². The lowest BCUT2D eigenvalue weighted by Gasteiger charge is -2.33. The lowest BCUT2D eigenvalue weighted by molar-refractivity contribution is -0.139. The van der Waals surface area contributed by atoms with Crippen molar-refractivity contribution in [2.75, 3.05) is 17.4 Å². The van der Waals surface area contributed by atoms with Crippen molar-refractivity contribution in [3.8, 4) is 0 Å². The predicted octanol–water partition coefficient (Wildman–Crippen LogP) is 4.70. The summed E-state index contributed by atoms with van der Waals surface area (Å²) in [5.41, 5.74) is 1.67. The molecule has 0 bridgehead atoms. The van der Waals surface area contributed by atoms with E-state index in [4.69, 9.17) is 0 Å². The van der Waals surface area contributed by atoms with Crippen molar-refractivity contribution in [3.05, 3.63) is 95.8 Å². The van der Waals surface area contributed by atoms with Crippen LogP contribution in [0.15, 0.2) is 83.8 Å². The number of sulfonamides is 1. The molecule has 3 aromatic rings. The Hall–Kier alpha value is -3.72. The first-order chi connectivity index (χ1) is 18.3. The number of aryl methyl sites for hydroxylation is 1. The van der Waals surface area contributed by atoms with Crippen LogP contribution < -0.4 is 9.62 Å². The monoisotopic (exact) mass is 553 g/mol. The molecule has 0 aromatic heterocycles. The summed E-state index contributed by atoms with van der Waals surface area (Å²) in [7, 11) is -4.24. The smallest absolute Gasteiger partial charge is 0.264 e. The molecule has 0 spiro atoms. The van der Waals surface area contributed by atoms with Crippen LogP contribution in [0.1, 0.15) is 38.8 Å². The third-order valence-corrected chi connectivity index (χ3v) is 7.94. The Morgan fingerprint density at radius 2 is 1.51 bits per heavy atom. The molecule has 1 atom stereocenters. The summed E-state index contributed by atoms with van der Waals surface area (Å²) in [5.74, 6) is -1.45. The number of hydrogen-bond acceptors (Lipinski definition) is 4. The molecule has 0 saturated carbocycles. The van der Waals surface area contributed by atoms with Crippen LogP contribution in [0.5, 0.6) is 0 Å². The topological polar surface area (TPSA) is 86.8 Å². The van der Waals surface area contributed by atoms with E-state index < -0.39 is 39.9 Å². The Balaban J connectivity index is 1.98. The summed E-state index contributed by atoms with van der Waals surface area (Å²) in [4.78, 5) is 28.2. The van der Waals surface area contributed by atoms with E-state index in [2.05, 4.69) is 5.32 Å². The maximum absolute atomic E-state index is 13.8. The van der Waals surface area contributed by atoms with Crippen molar-refractivity contribution in [3.63, 3.8) is 0 Å². The fraction of sp³-hybridized carbons (Fsp3) is 0.333. The molecule has 2 amide bonds. The molecule has 0 heterocycles. The van der Waals surface area contributed by atoms with Gasteiger partial charge in [0, 0.05) is 12.1 Å². The average Bonchev–Trinajstić information content (AvgIpc) is 2.87. The first-order valence-electron chi connectivity index (χ1n) is 12.8. The molecule has 208 valence electrons. The van der Waals surface area contributed by atoms with Gasteiger partial charge in [-0.25, -0.2) is 12.8 Å². The molecule has 0 aliphatic carbocycles. The number of amides is 2. The van der Waals surface area contributed by atoms with Gasteiger partial charge >= 0.3 is 0 Å². The van der Waals surface area contributed by atoms with Crippen LogP contribution in [0, 0.1) is 12.7 Å². The molecule has 1 N–H and O–H groups in total. The Labute approximate surface area is 230 Å². The number of anilines is 1. The van der Waals surface area contributed by atoms with E-state index in [1.165, 1.54) is 17.0 Å². The van der Waals surface area contributed by atoms with Gasteiger partial charge in [0.15, 0.2) is 0 Å². The van der Waals surface area contributed by atoms with Gasteiger partial charge in [-0.2, -0.15) is 0 Å². The third kappa shape index (κ3) is 8.13. The predicted molar refractivity (Wildman–Crippen MR) is 151 cm³/mol. The zero-order valence-corrected chi connectivity index (χ0v) is 23.8. The molecule has 1 unspecified atom stereocenters. The SMILES string of the molecule is Cc1ccc(N(CC(=O)N(CCc2ccccc2)C(C)C(=O)NC(C)(C)C)S(=O)(=O)c2ccc(F)cc2)cc1. The van der Waals surface area contributed by atoms with Crippen LogP contribution in [-0.4, -0.2) is 49.8 Å². The van der Waals surface area contributed by atoms with E-state index in [0.717, 1.165) is 27.6 Å². The second-order valence-electron chi connectivity index (χ2n) is 10.5. The van der Waals surface area contributed by atoms with E-state index in [1.54, 1.807) is 31.2 Å². The molecule has 9 heteroatoms. The van der Waals surface area contributed by atoms with E-state index >= 15 is 0 Å².